The van der Waals surface area contributed by atoms with Crippen molar-refractivity contribution in [2.45, 2.75) is 25.3 Å². The molecule has 0 atom stereocenters. The zero-order chi connectivity index (χ0) is 10.2. The molecule has 0 aliphatic rings. The van der Waals surface area contributed by atoms with Crippen LogP contribution in [0.25, 0.3) is 0 Å². The van der Waals surface area contributed by atoms with Crippen LogP contribution in [0.2, 0.25) is 25.3 Å². The van der Waals surface area contributed by atoms with Gasteiger partial charge >= 0.3 is 29.6 Å². The Bertz CT molecular complexity index is 96.4. The van der Waals surface area contributed by atoms with Gasteiger partial charge in [-0.2, -0.15) is 25.3 Å². The van der Waals surface area contributed by atoms with E-state index in [2.05, 4.69) is 0 Å². The number of aliphatic hydroxyl groups is 4. The second-order valence-electron chi connectivity index (χ2n) is 3.78. The zero-order valence-electron chi connectivity index (χ0n) is 9.02. The summed E-state index contributed by atoms with van der Waals surface area (Å²) in [7, 11) is 0. The Labute approximate surface area is 108 Å². The second-order valence-corrected chi connectivity index (χ2v) is 3.78. The van der Waals surface area contributed by atoms with Gasteiger partial charge in [-0.3, -0.25) is 0 Å². The standard InChI is InChI=1S/C8H20BO4.Na/c10-5-1-9(2-6-11,3-7-12)4-8-13;/h10-13H,1-8H2;/q-1;+1. The van der Waals surface area contributed by atoms with Crippen LogP contribution in [0, 0.1) is 0 Å². The minimum absolute atomic E-state index is 0. The van der Waals surface area contributed by atoms with Crippen LogP contribution in [-0.4, -0.2) is 53.0 Å². The van der Waals surface area contributed by atoms with Gasteiger partial charge in [0.15, 0.2) is 0 Å². The van der Waals surface area contributed by atoms with Crippen molar-refractivity contribution >= 4 is 6.15 Å². The molecule has 0 radical (unpaired) electrons. The van der Waals surface area contributed by atoms with E-state index in [9.17, 15) is 0 Å². The van der Waals surface area contributed by atoms with E-state index in [1.54, 1.807) is 0 Å². The van der Waals surface area contributed by atoms with Gasteiger partial charge in [0.05, 0.1) is 0 Å². The first kappa shape index (κ1) is 17.3. The van der Waals surface area contributed by atoms with Gasteiger partial charge in [-0.25, -0.2) is 0 Å². The summed E-state index contributed by atoms with van der Waals surface area (Å²) >= 11 is 0. The minimum Gasteiger partial charge on any atom is -0.400 e. The molecule has 0 spiro atoms. The monoisotopic (exact) mass is 214 g/mol. The first-order chi connectivity index (χ1) is 6.24. The Morgan fingerprint density at radius 1 is 0.571 bits per heavy atom. The van der Waals surface area contributed by atoms with E-state index < -0.39 is 6.15 Å². The molecule has 0 aromatic rings. The SMILES string of the molecule is OCC[B-](CCO)(CCO)CCO.[Na+]. The molecule has 0 aromatic heterocycles. The van der Waals surface area contributed by atoms with Crippen molar-refractivity contribution < 1.29 is 50.0 Å². The van der Waals surface area contributed by atoms with Gasteiger partial charge in [-0.05, 0) is 0 Å². The molecule has 0 bridgehead atoms. The van der Waals surface area contributed by atoms with Gasteiger partial charge in [0.1, 0.15) is 0 Å². The molecule has 0 saturated heterocycles. The summed E-state index contributed by atoms with van der Waals surface area (Å²) in [6.45, 7) is 0.222. The maximum absolute atomic E-state index is 8.85. The first-order valence-electron chi connectivity index (χ1n) is 4.90. The molecule has 6 heteroatoms. The molecule has 0 unspecified atom stereocenters. The van der Waals surface area contributed by atoms with E-state index in [0.29, 0.717) is 25.3 Å². The van der Waals surface area contributed by atoms with Crippen LogP contribution >= 0.6 is 0 Å². The normalized spacial score (nSPS) is 11.1. The quantitative estimate of drug-likeness (QED) is 0.315. The Balaban J connectivity index is 0. The summed E-state index contributed by atoms with van der Waals surface area (Å²) in [6, 6.07) is 0. The fourth-order valence-corrected chi connectivity index (χ4v) is 1.96. The topological polar surface area (TPSA) is 80.9 Å². The van der Waals surface area contributed by atoms with Gasteiger partial charge in [0, 0.05) is 32.6 Å². The number of hydrogen-bond acceptors (Lipinski definition) is 4. The number of rotatable bonds is 8. The van der Waals surface area contributed by atoms with Crippen molar-refractivity contribution in [2.75, 3.05) is 26.4 Å². The largest absolute Gasteiger partial charge is 1.00 e. The molecule has 4 nitrogen and oxygen atoms in total. The van der Waals surface area contributed by atoms with Crippen LogP contribution in [0.15, 0.2) is 0 Å². The summed E-state index contributed by atoms with van der Waals surface area (Å²) in [5.41, 5.74) is 0. The predicted octanol–water partition coefficient (Wildman–Crippen LogP) is -3.59. The third-order valence-electron chi connectivity index (χ3n) is 2.97. The van der Waals surface area contributed by atoms with Crippen molar-refractivity contribution in [1.82, 2.24) is 0 Å². The third kappa shape index (κ3) is 6.40. The van der Waals surface area contributed by atoms with E-state index in [1.807, 2.05) is 0 Å². The van der Waals surface area contributed by atoms with Gasteiger partial charge < -0.3 is 20.4 Å². The van der Waals surface area contributed by atoms with Gasteiger partial charge in [0.2, 0.25) is 0 Å². The summed E-state index contributed by atoms with van der Waals surface area (Å²) < 4.78 is 0. The van der Waals surface area contributed by atoms with Crippen LogP contribution < -0.4 is 29.6 Å². The van der Waals surface area contributed by atoms with E-state index >= 15 is 0 Å². The van der Waals surface area contributed by atoms with Crippen LogP contribution in [0.3, 0.4) is 0 Å². The minimum atomic E-state index is -0.972. The van der Waals surface area contributed by atoms with Crippen molar-refractivity contribution in [3.63, 3.8) is 0 Å². The van der Waals surface area contributed by atoms with E-state index in [0.717, 1.165) is 0 Å². The molecular formula is C8H20BNaO4. The Morgan fingerprint density at radius 3 is 0.929 bits per heavy atom. The summed E-state index contributed by atoms with van der Waals surface area (Å²) in [4.78, 5) is 0. The zero-order valence-corrected chi connectivity index (χ0v) is 11.0. The Kier molecular flexibility index (Phi) is 12.9. The fourth-order valence-electron chi connectivity index (χ4n) is 1.96. The maximum Gasteiger partial charge on any atom is 1.00 e. The fraction of sp³-hybridized carbons (Fsp3) is 1.00. The van der Waals surface area contributed by atoms with Crippen LogP contribution in [0.5, 0.6) is 0 Å². The number of hydrogen-bond donors (Lipinski definition) is 4. The molecule has 0 heterocycles. The molecular weight excluding hydrogens is 194 g/mol. The molecule has 0 aliphatic heterocycles. The van der Waals surface area contributed by atoms with E-state index in [4.69, 9.17) is 20.4 Å². The van der Waals surface area contributed by atoms with Crippen LogP contribution in [0.1, 0.15) is 0 Å². The van der Waals surface area contributed by atoms with Gasteiger partial charge in [0.25, 0.3) is 0 Å². The average molecular weight is 214 g/mol. The summed E-state index contributed by atoms with van der Waals surface area (Å²) in [5.74, 6) is 0. The first-order valence-corrected chi connectivity index (χ1v) is 4.90. The molecule has 0 saturated carbocycles. The van der Waals surface area contributed by atoms with E-state index in [1.165, 1.54) is 0 Å². The maximum atomic E-state index is 8.85. The van der Waals surface area contributed by atoms with Crippen LogP contribution in [0.4, 0.5) is 0 Å². The molecule has 14 heavy (non-hydrogen) atoms. The van der Waals surface area contributed by atoms with Gasteiger partial charge in [-0.15, -0.1) is 0 Å². The molecule has 0 aromatic carbocycles. The van der Waals surface area contributed by atoms with Crippen molar-refractivity contribution in [2.24, 2.45) is 0 Å². The molecule has 0 aliphatic carbocycles. The molecule has 80 valence electrons. The molecule has 0 amide bonds. The van der Waals surface area contributed by atoms with Crippen molar-refractivity contribution in [1.29, 1.82) is 0 Å². The second kappa shape index (κ2) is 10.4. The Morgan fingerprint density at radius 2 is 0.786 bits per heavy atom. The van der Waals surface area contributed by atoms with E-state index in [-0.39, 0.29) is 56.0 Å². The summed E-state index contributed by atoms with van der Waals surface area (Å²) in [5, 5.41) is 35.4. The molecule has 0 fully saturated rings. The van der Waals surface area contributed by atoms with Crippen molar-refractivity contribution in [3.05, 3.63) is 0 Å². The predicted molar refractivity (Wildman–Crippen MR) is 53.3 cm³/mol. The van der Waals surface area contributed by atoms with Crippen LogP contribution in [-0.2, 0) is 0 Å². The smallest absolute Gasteiger partial charge is 0.400 e. The average Bonchev–Trinajstić information content (AvgIpc) is 2.06. The van der Waals surface area contributed by atoms with Gasteiger partial charge in [-0.1, -0.05) is 0 Å². The van der Waals surface area contributed by atoms with Crippen molar-refractivity contribution in [3.8, 4) is 0 Å². The third-order valence-corrected chi connectivity index (χ3v) is 2.97. The number of aliphatic hydroxyl groups excluding tert-OH is 4. The summed E-state index contributed by atoms with van der Waals surface area (Å²) in [6.07, 6.45) is 1.37. The molecule has 0 rings (SSSR count). The Hall–Kier alpha value is 0.905. The molecule has 4 N–H and O–H groups in total.